The normalized spacial score (nSPS) is 24.4. The topological polar surface area (TPSA) is 171 Å². The second-order valence-electron chi connectivity index (χ2n) is 4.75. The van der Waals surface area contributed by atoms with Crippen molar-refractivity contribution >= 4 is 28.2 Å². The number of rotatable bonds is 4. The summed E-state index contributed by atoms with van der Waals surface area (Å²) in [6, 6.07) is -2.33. The van der Waals surface area contributed by atoms with Crippen LogP contribution in [0.1, 0.15) is 12.8 Å². The van der Waals surface area contributed by atoms with Gasteiger partial charge in [-0.05, 0) is 12.8 Å². The van der Waals surface area contributed by atoms with E-state index in [4.69, 9.17) is 10.3 Å². The molecule has 12 nitrogen and oxygen atoms in total. The Kier molecular flexibility index (Phi) is 4.50. The van der Waals surface area contributed by atoms with E-state index in [0.717, 1.165) is 4.90 Å². The number of nitrogens with one attached hydrogen (secondary N) is 2. The minimum absolute atomic E-state index is 0.0667. The number of hydrogen-bond acceptors (Lipinski definition) is 7. The molecule has 5 N–H and O–H groups in total. The Bertz CT molecular complexity index is 593. The van der Waals surface area contributed by atoms with E-state index in [0.29, 0.717) is 11.5 Å². The van der Waals surface area contributed by atoms with Crippen LogP contribution in [0.3, 0.4) is 0 Å². The van der Waals surface area contributed by atoms with E-state index in [1.807, 2.05) is 0 Å². The fourth-order valence-corrected chi connectivity index (χ4v) is 2.76. The predicted molar refractivity (Wildman–Crippen MR) is 68.7 cm³/mol. The minimum atomic E-state index is -4.83. The number of urea groups is 1. The number of nitrogens with two attached hydrogens (primary N) is 1. The van der Waals surface area contributed by atoms with Crippen molar-refractivity contribution in [1.82, 2.24) is 20.8 Å². The molecule has 0 aromatic rings. The molecular weight excluding hydrogens is 322 g/mol. The molecule has 0 spiro atoms. The van der Waals surface area contributed by atoms with E-state index in [1.165, 1.54) is 0 Å². The van der Waals surface area contributed by atoms with Gasteiger partial charge in [-0.1, -0.05) is 0 Å². The van der Waals surface area contributed by atoms with Gasteiger partial charge in [0.1, 0.15) is 6.04 Å². The van der Waals surface area contributed by atoms with Crippen LogP contribution in [0.25, 0.3) is 0 Å². The highest BCUT2D eigenvalue weighted by Gasteiger charge is 2.49. The summed E-state index contributed by atoms with van der Waals surface area (Å²) in [5, 5.41) is 0.529. The molecule has 2 heterocycles. The third-order valence-corrected chi connectivity index (χ3v) is 3.66. The molecule has 4 amide bonds. The molecule has 13 heteroatoms. The van der Waals surface area contributed by atoms with Crippen LogP contribution in [0.5, 0.6) is 0 Å². The molecule has 2 aliphatic rings. The first-order valence-corrected chi connectivity index (χ1v) is 7.65. The van der Waals surface area contributed by atoms with Gasteiger partial charge in [-0.3, -0.25) is 25.0 Å². The highest BCUT2D eigenvalue weighted by molar-refractivity contribution is 7.80. The van der Waals surface area contributed by atoms with E-state index in [1.54, 1.807) is 0 Å². The second-order valence-corrected chi connectivity index (χ2v) is 5.76. The number of carbonyl (C=O) groups is 3. The lowest BCUT2D eigenvalue weighted by Crippen LogP contribution is -2.54. The Morgan fingerprint density at radius 2 is 2.05 bits per heavy atom. The van der Waals surface area contributed by atoms with Crippen molar-refractivity contribution in [3.05, 3.63) is 0 Å². The van der Waals surface area contributed by atoms with Crippen LogP contribution in [-0.2, 0) is 24.3 Å². The number of fused-ring (bicyclic) bond motifs is 2. The Hall–Kier alpha value is -1.96. The summed E-state index contributed by atoms with van der Waals surface area (Å²) < 4.78 is 34.3. The Morgan fingerprint density at radius 1 is 1.36 bits per heavy atom. The first-order chi connectivity index (χ1) is 10.2. The summed E-state index contributed by atoms with van der Waals surface area (Å²) in [5.74, 6) is -1.24. The molecule has 0 radical (unpaired) electrons. The van der Waals surface area contributed by atoms with Crippen LogP contribution in [0.4, 0.5) is 4.79 Å². The summed E-state index contributed by atoms with van der Waals surface area (Å²) in [7, 11) is -4.83. The largest absolute Gasteiger partial charge is 0.418 e. The summed E-state index contributed by atoms with van der Waals surface area (Å²) in [6.45, 7) is -0.247. The molecule has 2 bridgehead atoms. The van der Waals surface area contributed by atoms with Gasteiger partial charge in [0.25, 0.3) is 11.8 Å². The van der Waals surface area contributed by atoms with E-state index in [2.05, 4.69) is 15.1 Å². The molecule has 2 rings (SSSR count). The molecule has 2 saturated heterocycles. The van der Waals surface area contributed by atoms with Gasteiger partial charge in [0.2, 0.25) is 0 Å². The zero-order chi connectivity index (χ0) is 16.5. The van der Waals surface area contributed by atoms with Crippen molar-refractivity contribution < 1.29 is 31.6 Å². The van der Waals surface area contributed by atoms with Crippen LogP contribution in [0.2, 0.25) is 0 Å². The zero-order valence-electron chi connectivity index (χ0n) is 11.3. The average Bonchev–Trinajstić information content (AvgIpc) is 2.68. The molecular formula is C9H15N5O7S. The molecule has 2 fully saturated rings. The van der Waals surface area contributed by atoms with E-state index in [9.17, 15) is 22.8 Å². The van der Waals surface area contributed by atoms with Gasteiger partial charge in [-0.15, -0.1) is 4.28 Å². The Labute approximate surface area is 125 Å². The summed E-state index contributed by atoms with van der Waals surface area (Å²) in [4.78, 5) is 36.1. The maximum Gasteiger partial charge on any atom is 0.418 e. The molecule has 0 unspecified atom stereocenters. The van der Waals surface area contributed by atoms with E-state index < -0.39 is 40.3 Å². The fourth-order valence-electron chi connectivity index (χ4n) is 2.37. The van der Waals surface area contributed by atoms with Gasteiger partial charge in [0, 0.05) is 6.54 Å². The molecule has 2 atom stereocenters. The summed E-state index contributed by atoms with van der Waals surface area (Å²) >= 11 is 0. The van der Waals surface area contributed by atoms with Gasteiger partial charge >= 0.3 is 16.4 Å². The smallest absolute Gasteiger partial charge is 0.322 e. The number of hydroxylamine groups is 2. The van der Waals surface area contributed by atoms with Crippen molar-refractivity contribution in [2.45, 2.75) is 24.9 Å². The number of hydrazine groups is 1. The van der Waals surface area contributed by atoms with Gasteiger partial charge in [0.15, 0.2) is 0 Å². The van der Waals surface area contributed by atoms with Crippen LogP contribution in [-0.4, -0.2) is 66.0 Å². The Morgan fingerprint density at radius 3 is 2.64 bits per heavy atom. The van der Waals surface area contributed by atoms with Crippen molar-refractivity contribution in [2.24, 2.45) is 5.73 Å². The quantitative estimate of drug-likeness (QED) is 0.312. The molecule has 124 valence electrons. The first kappa shape index (κ1) is 16.4. The lowest BCUT2D eigenvalue weighted by atomic mass is 10.0. The van der Waals surface area contributed by atoms with Crippen LogP contribution < -0.4 is 16.6 Å². The molecule has 22 heavy (non-hydrogen) atoms. The predicted octanol–water partition coefficient (Wildman–Crippen LogP) is -2.90. The maximum atomic E-state index is 12.0. The molecule has 0 aromatic heterocycles. The standard InChI is InChI=1S/C9H15N5O7S/c10-3-7(15)11-12-8(16)6-2-1-5-4-13(6)9(17)14(5)21-22(18,19)20/h5-6H,1-4,10H2,(H,11,15)(H,12,16)(H,18,19,20)/t5-,6+/m1/s1. The minimum Gasteiger partial charge on any atom is -0.322 e. The number of hydrogen-bond donors (Lipinski definition) is 4. The lowest BCUT2D eigenvalue weighted by molar-refractivity contribution is -0.131. The Balaban J connectivity index is 2.02. The number of nitrogens with zero attached hydrogens (tertiary/aromatic N) is 2. The van der Waals surface area contributed by atoms with Gasteiger partial charge < -0.3 is 10.6 Å². The molecule has 0 aromatic carbocycles. The zero-order valence-corrected chi connectivity index (χ0v) is 12.1. The van der Waals surface area contributed by atoms with Crippen molar-refractivity contribution in [2.75, 3.05) is 13.1 Å². The van der Waals surface area contributed by atoms with Gasteiger partial charge in [-0.2, -0.15) is 13.5 Å². The SMILES string of the molecule is NCC(=O)NNC(=O)[C@@H]1CC[C@@H]2CN1C(=O)N2OS(=O)(=O)O. The molecule has 0 saturated carbocycles. The van der Waals surface area contributed by atoms with E-state index >= 15 is 0 Å². The summed E-state index contributed by atoms with van der Waals surface area (Å²) in [5.41, 5.74) is 9.26. The number of carbonyl (C=O) groups excluding carboxylic acids is 3. The highest BCUT2D eigenvalue weighted by Crippen LogP contribution is 2.30. The third-order valence-electron chi connectivity index (χ3n) is 3.31. The first-order valence-electron chi connectivity index (χ1n) is 6.28. The monoisotopic (exact) mass is 337 g/mol. The fraction of sp³-hybridized carbons (Fsp3) is 0.667. The van der Waals surface area contributed by atoms with Crippen molar-refractivity contribution in [1.29, 1.82) is 0 Å². The van der Waals surface area contributed by atoms with Crippen LogP contribution in [0.15, 0.2) is 0 Å². The summed E-state index contributed by atoms with van der Waals surface area (Å²) in [6.07, 6.45) is 0.534. The van der Waals surface area contributed by atoms with Crippen molar-refractivity contribution in [3.8, 4) is 0 Å². The van der Waals surface area contributed by atoms with Gasteiger partial charge in [0.05, 0.1) is 12.6 Å². The van der Waals surface area contributed by atoms with E-state index in [-0.39, 0.29) is 19.5 Å². The molecule has 0 aliphatic carbocycles. The second kappa shape index (κ2) is 6.04. The molecule has 2 aliphatic heterocycles. The average molecular weight is 337 g/mol. The third kappa shape index (κ3) is 3.44. The lowest BCUT2D eigenvalue weighted by Gasteiger charge is -2.29. The van der Waals surface area contributed by atoms with Crippen molar-refractivity contribution in [3.63, 3.8) is 0 Å². The highest BCUT2D eigenvalue weighted by atomic mass is 32.3. The maximum absolute atomic E-state index is 12.0. The number of piperidine rings is 1. The number of amides is 4. The van der Waals surface area contributed by atoms with Gasteiger partial charge in [-0.25, -0.2) is 4.79 Å². The van der Waals surface area contributed by atoms with Crippen LogP contribution >= 0.6 is 0 Å². The van der Waals surface area contributed by atoms with Crippen LogP contribution in [0, 0.1) is 0 Å².